The van der Waals surface area contributed by atoms with Gasteiger partial charge in [-0.2, -0.15) is 0 Å². The molecule has 0 fully saturated rings. The Hall–Kier alpha value is -1.25. The van der Waals surface area contributed by atoms with Crippen LogP contribution in [0.1, 0.15) is 6.92 Å². The average Bonchev–Trinajstić information content (AvgIpc) is 2.10. The maximum atomic E-state index is 10.6. The number of hydrogen-bond donors (Lipinski definition) is 1. The van der Waals surface area contributed by atoms with Crippen LogP contribution in [0.2, 0.25) is 0 Å². The zero-order valence-corrected chi connectivity index (χ0v) is 5.05. The molecule has 0 aromatic heterocycles. The third-order valence-corrected chi connectivity index (χ3v) is 1.06. The fourth-order valence-corrected chi connectivity index (χ4v) is 0.609. The molecule has 0 amide bonds. The van der Waals surface area contributed by atoms with Crippen LogP contribution in [0.4, 0.5) is 0 Å². The van der Waals surface area contributed by atoms with Crippen LogP contribution in [0, 0.1) is 0 Å². The van der Waals surface area contributed by atoms with Crippen molar-refractivity contribution in [2.24, 2.45) is 5.73 Å². The number of carbonyl (C=O) groups is 1. The smallest absolute Gasteiger partial charge is 0.344 e. The maximum Gasteiger partial charge on any atom is 0.344 e. The molecule has 1 heterocycles. The number of nitrogens with two attached hydrogens (primary N) is 1. The van der Waals surface area contributed by atoms with Gasteiger partial charge in [0.25, 0.3) is 0 Å². The zero-order chi connectivity index (χ0) is 6.85. The Morgan fingerprint density at radius 3 is 2.67 bits per heavy atom. The number of rotatable bonds is 0. The van der Waals surface area contributed by atoms with Gasteiger partial charge < -0.3 is 10.5 Å². The summed E-state index contributed by atoms with van der Waals surface area (Å²) in [5.74, 6) is -0.192. The normalized spacial score (nSPS) is 22.1. The van der Waals surface area contributed by atoms with Gasteiger partial charge in [-0.25, -0.2) is 4.79 Å². The third kappa shape index (κ3) is 0.937. The maximum absolute atomic E-state index is 10.6. The van der Waals surface area contributed by atoms with Gasteiger partial charge in [-0.1, -0.05) is 6.08 Å². The topological polar surface area (TPSA) is 52.3 Å². The van der Waals surface area contributed by atoms with E-state index in [0.717, 1.165) is 0 Å². The van der Waals surface area contributed by atoms with Crippen molar-refractivity contribution in [2.75, 3.05) is 0 Å². The number of carbonyl (C=O) groups excluding carboxylic acids is 1. The quantitative estimate of drug-likeness (QED) is 0.374. The van der Waals surface area contributed by atoms with Crippen molar-refractivity contribution in [1.82, 2.24) is 0 Å². The summed E-state index contributed by atoms with van der Waals surface area (Å²) in [5, 5.41) is 0. The van der Waals surface area contributed by atoms with Gasteiger partial charge in [0.2, 0.25) is 0 Å². The van der Waals surface area contributed by atoms with E-state index in [4.69, 9.17) is 5.73 Å². The average molecular weight is 125 g/mol. The minimum Gasteiger partial charge on any atom is -0.406 e. The molecule has 3 nitrogen and oxygen atoms in total. The molecule has 0 aliphatic carbocycles. The number of ether oxygens (including phenoxy) is 1. The first-order valence-corrected chi connectivity index (χ1v) is 2.59. The van der Waals surface area contributed by atoms with E-state index in [2.05, 4.69) is 4.74 Å². The second kappa shape index (κ2) is 1.93. The van der Waals surface area contributed by atoms with E-state index in [9.17, 15) is 4.79 Å². The summed E-state index contributed by atoms with van der Waals surface area (Å²) in [6, 6.07) is 0. The van der Waals surface area contributed by atoms with Gasteiger partial charge in [0.15, 0.2) is 5.88 Å². The number of hydrogen-bond acceptors (Lipinski definition) is 3. The lowest BCUT2D eigenvalue weighted by atomic mass is 10.3. The zero-order valence-electron chi connectivity index (χ0n) is 5.05. The molecular weight excluding hydrogens is 118 g/mol. The van der Waals surface area contributed by atoms with Gasteiger partial charge in [-0.3, -0.25) is 0 Å². The summed E-state index contributed by atoms with van der Waals surface area (Å²) in [5.41, 5.74) is 5.69. The van der Waals surface area contributed by atoms with Crippen molar-refractivity contribution in [2.45, 2.75) is 6.92 Å². The molecular formula is C6H7NO2. The highest BCUT2D eigenvalue weighted by atomic mass is 16.5. The summed E-state index contributed by atoms with van der Waals surface area (Å²) in [6.07, 6.45) is 3.16. The van der Waals surface area contributed by atoms with Crippen LogP contribution >= 0.6 is 0 Å². The predicted octanol–water partition coefficient (Wildman–Crippen LogP) is 0.290. The van der Waals surface area contributed by atoms with Crippen LogP contribution in [0.5, 0.6) is 0 Å². The number of cyclic esters (lactones) is 1. The van der Waals surface area contributed by atoms with Crippen molar-refractivity contribution in [3.63, 3.8) is 0 Å². The van der Waals surface area contributed by atoms with Gasteiger partial charge in [-0.05, 0) is 6.92 Å². The summed E-state index contributed by atoms with van der Waals surface area (Å²) in [7, 11) is 0. The fourth-order valence-electron chi connectivity index (χ4n) is 0.609. The minimum atomic E-state index is -0.366. The summed E-state index contributed by atoms with van der Waals surface area (Å²) < 4.78 is 4.50. The fraction of sp³-hybridized carbons (Fsp3) is 0.167. The highest BCUT2D eigenvalue weighted by Crippen LogP contribution is 2.11. The lowest BCUT2D eigenvalue weighted by Gasteiger charge is -1.89. The van der Waals surface area contributed by atoms with Crippen LogP contribution < -0.4 is 5.73 Å². The molecule has 0 unspecified atom stereocenters. The molecule has 0 aromatic rings. The first-order chi connectivity index (χ1) is 4.24. The second-order valence-electron chi connectivity index (χ2n) is 1.68. The summed E-state index contributed by atoms with van der Waals surface area (Å²) in [6.45, 7) is 1.76. The Balaban J connectivity index is 2.89. The van der Waals surface area contributed by atoms with Crippen molar-refractivity contribution in [1.29, 1.82) is 0 Å². The molecule has 0 spiro atoms. The van der Waals surface area contributed by atoms with E-state index in [0.29, 0.717) is 5.57 Å². The number of allylic oxidation sites excluding steroid dienone is 1. The Morgan fingerprint density at radius 1 is 1.78 bits per heavy atom. The van der Waals surface area contributed by atoms with Crippen molar-refractivity contribution >= 4 is 5.97 Å². The molecule has 1 aliphatic heterocycles. The summed E-state index contributed by atoms with van der Waals surface area (Å²) in [4.78, 5) is 10.6. The highest BCUT2D eigenvalue weighted by molar-refractivity contribution is 5.94. The summed E-state index contributed by atoms with van der Waals surface area (Å²) >= 11 is 0. The van der Waals surface area contributed by atoms with E-state index in [-0.39, 0.29) is 11.9 Å². The second-order valence-corrected chi connectivity index (χ2v) is 1.68. The third-order valence-electron chi connectivity index (χ3n) is 1.06. The van der Waals surface area contributed by atoms with Gasteiger partial charge in [0.05, 0.1) is 5.57 Å². The van der Waals surface area contributed by atoms with E-state index < -0.39 is 0 Å². The molecule has 0 bridgehead atoms. The highest BCUT2D eigenvalue weighted by Gasteiger charge is 2.16. The van der Waals surface area contributed by atoms with Gasteiger partial charge in [-0.15, -0.1) is 0 Å². The van der Waals surface area contributed by atoms with Crippen LogP contribution in [0.25, 0.3) is 0 Å². The molecule has 3 heteroatoms. The Kier molecular flexibility index (Phi) is 1.26. The minimum absolute atomic E-state index is 0.174. The first kappa shape index (κ1) is 5.88. The van der Waals surface area contributed by atoms with Gasteiger partial charge in [0, 0.05) is 6.08 Å². The van der Waals surface area contributed by atoms with Crippen LogP contribution in [-0.2, 0) is 9.53 Å². The van der Waals surface area contributed by atoms with E-state index in [1.807, 2.05) is 0 Å². The van der Waals surface area contributed by atoms with Gasteiger partial charge >= 0.3 is 5.97 Å². The van der Waals surface area contributed by atoms with E-state index in [1.165, 1.54) is 6.08 Å². The SMILES string of the molecule is C/C=C1/C=C(N)OC1=O. The van der Waals surface area contributed by atoms with Crippen LogP contribution in [-0.4, -0.2) is 5.97 Å². The van der Waals surface area contributed by atoms with Crippen LogP contribution in [0.3, 0.4) is 0 Å². The van der Waals surface area contributed by atoms with Crippen molar-refractivity contribution in [3.05, 3.63) is 23.6 Å². The molecule has 0 saturated heterocycles. The standard InChI is InChI=1S/C6H7NO2/c1-2-4-3-5(7)9-6(4)8/h2-3H,7H2,1H3/b4-2-. The van der Waals surface area contributed by atoms with Gasteiger partial charge in [0.1, 0.15) is 0 Å². The van der Waals surface area contributed by atoms with E-state index in [1.54, 1.807) is 13.0 Å². The lowest BCUT2D eigenvalue weighted by Crippen LogP contribution is -2.01. The molecule has 1 rings (SSSR count). The first-order valence-electron chi connectivity index (χ1n) is 2.59. The molecule has 0 radical (unpaired) electrons. The van der Waals surface area contributed by atoms with E-state index >= 15 is 0 Å². The molecule has 0 aromatic carbocycles. The molecule has 2 N–H and O–H groups in total. The molecule has 48 valence electrons. The Labute approximate surface area is 52.8 Å². The van der Waals surface area contributed by atoms with Crippen molar-refractivity contribution in [3.8, 4) is 0 Å². The Morgan fingerprint density at radius 2 is 2.44 bits per heavy atom. The molecule has 9 heavy (non-hydrogen) atoms. The molecule has 0 atom stereocenters. The van der Waals surface area contributed by atoms with Crippen LogP contribution in [0.15, 0.2) is 23.6 Å². The largest absolute Gasteiger partial charge is 0.406 e. The monoisotopic (exact) mass is 125 g/mol. The lowest BCUT2D eigenvalue weighted by molar-refractivity contribution is -0.133. The number of esters is 1. The molecule has 0 saturated carbocycles. The molecule has 1 aliphatic rings. The Bertz CT molecular complexity index is 203. The predicted molar refractivity (Wildman–Crippen MR) is 32.1 cm³/mol. The van der Waals surface area contributed by atoms with Crippen molar-refractivity contribution < 1.29 is 9.53 Å².